The smallest absolute Gasteiger partial charge is 0.261 e. The zero-order valence-corrected chi connectivity index (χ0v) is 16.0. The number of alkyl halides is 2. The highest BCUT2D eigenvalue weighted by Crippen LogP contribution is 2.28. The third kappa shape index (κ3) is 4.30. The number of carbonyl (C=O) groups excluding carboxylic acids is 3. The number of amides is 3. The fourth-order valence-corrected chi connectivity index (χ4v) is 4.25. The van der Waals surface area contributed by atoms with Crippen molar-refractivity contribution < 1.29 is 23.2 Å². The number of imide groups is 1. The Morgan fingerprint density at radius 3 is 2.79 bits per heavy atom. The van der Waals surface area contributed by atoms with Crippen molar-refractivity contribution >= 4 is 17.7 Å². The van der Waals surface area contributed by atoms with E-state index in [9.17, 15) is 23.2 Å². The molecule has 9 heteroatoms. The second kappa shape index (κ2) is 7.79. The molecular formula is C20H24F2N4O3. The zero-order valence-electron chi connectivity index (χ0n) is 16.0. The molecular weight excluding hydrogens is 382 g/mol. The predicted molar refractivity (Wildman–Crippen MR) is 100 cm³/mol. The van der Waals surface area contributed by atoms with Crippen molar-refractivity contribution in [1.82, 2.24) is 20.9 Å². The highest BCUT2D eigenvalue weighted by atomic mass is 19.3. The molecule has 0 aliphatic carbocycles. The first-order valence-corrected chi connectivity index (χ1v) is 9.91. The number of piperidine rings is 1. The third-order valence-electron chi connectivity index (χ3n) is 5.78. The summed E-state index contributed by atoms with van der Waals surface area (Å²) in [4.78, 5) is 37.6. The van der Waals surface area contributed by atoms with Gasteiger partial charge in [-0.1, -0.05) is 12.1 Å². The van der Waals surface area contributed by atoms with E-state index in [0.29, 0.717) is 38.0 Å². The summed E-state index contributed by atoms with van der Waals surface area (Å²) in [6.07, 6.45) is 1.08. The van der Waals surface area contributed by atoms with Crippen LogP contribution in [-0.4, -0.2) is 53.7 Å². The van der Waals surface area contributed by atoms with Crippen LogP contribution in [-0.2, 0) is 22.7 Å². The quantitative estimate of drug-likeness (QED) is 0.483. The number of hydrogen-bond acceptors (Lipinski definition) is 5. The van der Waals surface area contributed by atoms with Gasteiger partial charge in [0.2, 0.25) is 11.8 Å². The molecule has 3 amide bonds. The topological polar surface area (TPSA) is 90.5 Å². The molecule has 7 nitrogen and oxygen atoms in total. The van der Waals surface area contributed by atoms with E-state index in [0.717, 1.165) is 11.1 Å². The fourth-order valence-electron chi connectivity index (χ4n) is 4.25. The van der Waals surface area contributed by atoms with Crippen LogP contribution in [0.1, 0.15) is 47.2 Å². The summed E-state index contributed by atoms with van der Waals surface area (Å²) >= 11 is 0. The molecule has 0 bridgehead atoms. The fraction of sp³-hybridized carbons (Fsp3) is 0.550. The molecule has 1 aromatic rings. The first-order valence-electron chi connectivity index (χ1n) is 9.91. The van der Waals surface area contributed by atoms with Crippen molar-refractivity contribution in [3.8, 4) is 0 Å². The summed E-state index contributed by atoms with van der Waals surface area (Å²) in [5, 5.41) is 8.39. The monoisotopic (exact) mass is 406 g/mol. The van der Waals surface area contributed by atoms with E-state index in [1.807, 2.05) is 12.1 Å². The van der Waals surface area contributed by atoms with Crippen LogP contribution in [0.3, 0.4) is 0 Å². The molecule has 0 aromatic heterocycles. The van der Waals surface area contributed by atoms with Gasteiger partial charge in [-0.15, -0.1) is 0 Å². The lowest BCUT2D eigenvalue weighted by Crippen LogP contribution is -2.52. The number of fused-ring (bicyclic) bond motifs is 1. The lowest BCUT2D eigenvalue weighted by molar-refractivity contribution is -0.136. The molecule has 3 aliphatic rings. The predicted octanol–water partition coefficient (Wildman–Crippen LogP) is 0.924. The number of hydrogen-bond donors (Lipinski definition) is 3. The van der Waals surface area contributed by atoms with E-state index >= 15 is 0 Å². The minimum atomic E-state index is -2.61. The molecule has 3 aliphatic heterocycles. The zero-order chi connectivity index (χ0) is 20.6. The summed E-state index contributed by atoms with van der Waals surface area (Å²) in [7, 11) is 0. The Kier molecular flexibility index (Phi) is 5.35. The Hall–Kier alpha value is -2.39. The van der Waals surface area contributed by atoms with Crippen molar-refractivity contribution in [3.63, 3.8) is 0 Å². The van der Waals surface area contributed by atoms with Crippen molar-refractivity contribution in [2.24, 2.45) is 0 Å². The van der Waals surface area contributed by atoms with Crippen LogP contribution in [0, 0.1) is 0 Å². The van der Waals surface area contributed by atoms with Crippen LogP contribution in [0.4, 0.5) is 8.78 Å². The Bertz CT molecular complexity index is 845. The number of nitrogens with one attached hydrogen (secondary N) is 3. The van der Waals surface area contributed by atoms with Gasteiger partial charge in [0.15, 0.2) is 0 Å². The molecule has 29 heavy (non-hydrogen) atoms. The maximum atomic E-state index is 13.2. The number of rotatable bonds is 6. The second-order valence-electron chi connectivity index (χ2n) is 7.99. The Morgan fingerprint density at radius 1 is 1.24 bits per heavy atom. The van der Waals surface area contributed by atoms with Gasteiger partial charge in [-0.05, 0) is 36.6 Å². The summed E-state index contributed by atoms with van der Waals surface area (Å²) in [5.41, 5.74) is 2.43. The number of carbonyl (C=O) groups is 3. The van der Waals surface area contributed by atoms with Gasteiger partial charge in [0, 0.05) is 37.5 Å². The van der Waals surface area contributed by atoms with Gasteiger partial charge in [0.1, 0.15) is 6.04 Å². The molecule has 1 aromatic carbocycles. The van der Waals surface area contributed by atoms with Gasteiger partial charge >= 0.3 is 0 Å². The van der Waals surface area contributed by atoms with Crippen molar-refractivity contribution in [2.45, 2.75) is 56.8 Å². The van der Waals surface area contributed by atoms with Gasteiger partial charge in [-0.25, -0.2) is 8.78 Å². The van der Waals surface area contributed by atoms with Gasteiger partial charge in [-0.2, -0.15) is 0 Å². The van der Waals surface area contributed by atoms with Crippen LogP contribution in [0.15, 0.2) is 18.2 Å². The maximum absolute atomic E-state index is 13.2. The molecule has 2 fully saturated rings. The van der Waals surface area contributed by atoms with Gasteiger partial charge in [-0.3, -0.25) is 19.7 Å². The molecule has 3 heterocycles. The van der Waals surface area contributed by atoms with Crippen LogP contribution in [0.2, 0.25) is 0 Å². The summed E-state index contributed by atoms with van der Waals surface area (Å²) in [5.74, 6) is -3.52. The Balaban J connectivity index is 1.31. The molecule has 156 valence electrons. The number of benzene rings is 1. The van der Waals surface area contributed by atoms with Crippen molar-refractivity contribution in [1.29, 1.82) is 0 Å². The van der Waals surface area contributed by atoms with E-state index in [-0.39, 0.29) is 37.2 Å². The first kappa shape index (κ1) is 19.9. The normalized spacial score (nSPS) is 26.0. The molecule has 2 atom stereocenters. The standard InChI is InChI=1S/C20H24F2N4O3/c21-20(22)8-14(24-11-20)5-6-23-9-12-1-2-15-13(7-12)10-26(19(15)29)16-3-4-17(27)25-18(16)28/h1-2,7,14,16,23-24H,3-6,8-11H2,(H,25,27,28). The summed E-state index contributed by atoms with van der Waals surface area (Å²) in [6, 6.07) is 4.77. The number of nitrogens with zero attached hydrogens (tertiary/aromatic N) is 1. The van der Waals surface area contributed by atoms with E-state index in [1.165, 1.54) is 4.90 Å². The van der Waals surface area contributed by atoms with Crippen LogP contribution >= 0.6 is 0 Å². The van der Waals surface area contributed by atoms with E-state index in [1.54, 1.807) is 6.07 Å². The van der Waals surface area contributed by atoms with Crippen LogP contribution in [0.25, 0.3) is 0 Å². The van der Waals surface area contributed by atoms with Crippen molar-refractivity contribution in [3.05, 3.63) is 34.9 Å². The lowest BCUT2D eigenvalue weighted by atomic mass is 10.0. The SMILES string of the molecule is O=C1CCC(N2Cc3cc(CNCCC4CC(F)(F)CN4)ccc3C2=O)C(=O)N1. The Labute approximate surface area is 167 Å². The average Bonchev–Trinajstić information content (AvgIpc) is 3.18. The van der Waals surface area contributed by atoms with E-state index < -0.39 is 17.9 Å². The maximum Gasteiger partial charge on any atom is 0.261 e. The molecule has 2 unspecified atom stereocenters. The highest BCUT2D eigenvalue weighted by Gasteiger charge is 2.39. The van der Waals surface area contributed by atoms with Gasteiger partial charge < -0.3 is 15.5 Å². The minimum absolute atomic E-state index is 0.119. The molecule has 3 N–H and O–H groups in total. The first-order chi connectivity index (χ1) is 13.8. The minimum Gasteiger partial charge on any atom is -0.322 e. The van der Waals surface area contributed by atoms with Crippen molar-refractivity contribution in [2.75, 3.05) is 13.1 Å². The van der Waals surface area contributed by atoms with Gasteiger partial charge in [0.25, 0.3) is 11.8 Å². The molecule has 4 rings (SSSR count). The second-order valence-corrected chi connectivity index (χ2v) is 7.99. The van der Waals surface area contributed by atoms with E-state index in [4.69, 9.17) is 0 Å². The highest BCUT2D eigenvalue weighted by molar-refractivity contribution is 6.05. The van der Waals surface area contributed by atoms with Gasteiger partial charge in [0.05, 0.1) is 6.54 Å². The largest absolute Gasteiger partial charge is 0.322 e. The molecule has 0 saturated carbocycles. The molecule has 0 radical (unpaired) electrons. The summed E-state index contributed by atoms with van der Waals surface area (Å²) < 4.78 is 26.4. The molecule has 0 spiro atoms. The Morgan fingerprint density at radius 2 is 2.07 bits per heavy atom. The average molecular weight is 406 g/mol. The lowest BCUT2D eigenvalue weighted by Gasteiger charge is -2.29. The van der Waals surface area contributed by atoms with Crippen LogP contribution < -0.4 is 16.0 Å². The van der Waals surface area contributed by atoms with Crippen LogP contribution in [0.5, 0.6) is 0 Å². The summed E-state index contributed by atoms with van der Waals surface area (Å²) in [6.45, 7) is 1.28. The third-order valence-corrected chi connectivity index (χ3v) is 5.78. The molecule has 2 saturated heterocycles. The van der Waals surface area contributed by atoms with E-state index in [2.05, 4.69) is 16.0 Å². The number of halogens is 2.